The zero-order chi connectivity index (χ0) is 17.8. The number of amides is 3. The molecule has 7 nitrogen and oxygen atoms in total. The van der Waals surface area contributed by atoms with Crippen LogP contribution in [0.15, 0.2) is 24.3 Å². The van der Waals surface area contributed by atoms with Crippen LogP contribution >= 0.6 is 11.8 Å². The molecule has 2 aliphatic heterocycles. The number of anilines is 1. The van der Waals surface area contributed by atoms with Gasteiger partial charge in [-0.15, -0.1) is 0 Å². The van der Waals surface area contributed by atoms with Crippen molar-refractivity contribution in [1.82, 2.24) is 10.2 Å². The van der Waals surface area contributed by atoms with Crippen molar-refractivity contribution >= 4 is 34.5 Å². The van der Waals surface area contributed by atoms with E-state index in [1.807, 2.05) is 13.0 Å². The first-order valence-electron chi connectivity index (χ1n) is 8.35. The van der Waals surface area contributed by atoms with E-state index >= 15 is 0 Å². The molecule has 3 rings (SSSR count). The fraction of sp³-hybridized carbons (Fsp3) is 0.471. The molecule has 8 heteroatoms. The average Bonchev–Trinajstić information content (AvgIpc) is 3.03. The Labute approximate surface area is 150 Å². The smallest absolute Gasteiger partial charge is 0.282 e. The van der Waals surface area contributed by atoms with E-state index in [9.17, 15) is 14.4 Å². The highest BCUT2D eigenvalue weighted by molar-refractivity contribution is 8.13. The van der Waals surface area contributed by atoms with Gasteiger partial charge in [-0.05, 0) is 18.6 Å². The maximum atomic E-state index is 12.8. The van der Waals surface area contributed by atoms with Crippen molar-refractivity contribution < 1.29 is 19.1 Å². The first-order chi connectivity index (χ1) is 12.1. The highest BCUT2D eigenvalue weighted by atomic mass is 32.2. The molecule has 0 unspecified atom stereocenters. The van der Waals surface area contributed by atoms with Crippen LogP contribution in [0.1, 0.15) is 13.3 Å². The molecule has 1 aromatic rings. The van der Waals surface area contributed by atoms with Gasteiger partial charge in [-0.3, -0.25) is 14.4 Å². The highest BCUT2D eigenvalue weighted by Gasteiger charge is 2.35. The molecule has 1 fully saturated rings. The number of benzene rings is 1. The van der Waals surface area contributed by atoms with Gasteiger partial charge in [-0.25, -0.2) is 0 Å². The molecule has 0 saturated carbocycles. The second kappa shape index (κ2) is 7.77. The highest BCUT2D eigenvalue weighted by Crippen LogP contribution is 2.33. The Morgan fingerprint density at radius 3 is 2.88 bits per heavy atom. The number of carbonyl (C=O) groups excluding carboxylic acids is 3. The lowest BCUT2D eigenvalue weighted by Crippen LogP contribution is -2.52. The van der Waals surface area contributed by atoms with Crippen LogP contribution in [-0.2, 0) is 9.59 Å². The fourth-order valence-corrected chi connectivity index (χ4v) is 3.61. The van der Waals surface area contributed by atoms with Crippen LogP contribution in [0.5, 0.6) is 5.75 Å². The third-order valence-corrected chi connectivity index (χ3v) is 4.98. The largest absolute Gasteiger partial charge is 0.477 e. The van der Waals surface area contributed by atoms with E-state index in [4.69, 9.17) is 4.74 Å². The Morgan fingerprint density at radius 1 is 1.36 bits per heavy atom. The summed E-state index contributed by atoms with van der Waals surface area (Å²) in [5.41, 5.74) is 0.631. The van der Waals surface area contributed by atoms with Crippen LogP contribution in [0, 0.1) is 0 Å². The third kappa shape index (κ3) is 3.89. The topological polar surface area (TPSA) is 79.0 Å². The van der Waals surface area contributed by atoms with Crippen LogP contribution in [0.4, 0.5) is 10.5 Å². The number of nitrogens with zero attached hydrogens (tertiary/aromatic N) is 2. The van der Waals surface area contributed by atoms with Gasteiger partial charge in [0.1, 0.15) is 12.3 Å². The standard InChI is InChI=1S/C17H21N3O4S/c1-2-7-18-16(22)14-10-20(12-5-3-4-6-13(12)24-14)15(21)11-19-8-9-25-17(19)23/h3-6,14H,2,7-11H2,1H3,(H,18,22)/t14-/m0/s1. The van der Waals surface area contributed by atoms with E-state index in [1.165, 1.54) is 16.7 Å². The second-order valence-corrected chi connectivity index (χ2v) is 6.95. The Morgan fingerprint density at radius 2 is 2.16 bits per heavy atom. The number of hydrogen-bond donors (Lipinski definition) is 1. The molecule has 0 spiro atoms. The predicted molar refractivity (Wildman–Crippen MR) is 95.9 cm³/mol. The number of thioether (sulfide) groups is 1. The van der Waals surface area contributed by atoms with Crippen molar-refractivity contribution in [1.29, 1.82) is 0 Å². The molecule has 0 aromatic heterocycles. The summed E-state index contributed by atoms with van der Waals surface area (Å²) in [6.45, 7) is 3.26. The van der Waals surface area contributed by atoms with Gasteiger partial charge < -0.3 is 19.9 Å². The van der Waals surface area contributed by atoms with Gasteiger partial charge in [-0.2, -0.15) is 0 Å². The molecule has 1 atom stereocenters. The maximum Gasteiger partial charge on any atom is 0.282 e. The maximum absolute atomic E-state index is 12.8. The van der Waals surface area contributed by atoms with E-state index in [0.29, 0.717) is 30.3 Å². The molecule has 0 bridgehead atoms. The van der Waals surface area contributed by atoms with Crippen molar-refractivity contribution in [2.24, 2.45) is 0 Å². The summed E-state index contributed by atoms with van der Waals surface area (Å²) < 4.78 is 5.77. The van der Waals surface area contributed by atoms with Crippen molar-refractivity contribution in [3.8, 4) is 5.75 Å². The molecule has 25 heavy (non-hydrogen) atoms. The molecule has 1 aromatic carbocycles. The van der Waals surface area contributed by atoms with Crippen LogP contribution in [-0.4, -0.2) is 60.0 Å². The van der Waals surface area contributed by atoms with Crippen molar-refractivity contribution in [3.05, 3.63) is 24.3 Å². The minimum Gasteiger partial charge on any atom is -0.477 e. The first-order valence-corrected chi connectivity index (χ1v) is 9.34. The monoisotopic (exact) mass is 363 g/mol. The lowest BCUT2D eigenvalue weighted by atomic mass is 10.1. The fourth-order valence-electron chi connectivity index (χ4n) is 2.79. The Balaban J connectivity index is 1.77. The zero-order valence-corrected chi connectivity index (χ0v) is 14.9. The van der Waals surface area contributed by atoms with Crippen LogP contribution in [0.3, 0.4) is 0 Å². The number of fused-ring (bicyclic) bond motifs is 1. The quantitative estimate of drug-likeness (QED) is 0.857. The van der Waals surface area contributed by atoms with E-state index in [1.54, 1.807) is 23.1 Å². The normalized spacial score (nSPS) is 19.4. The number of carbonyl (C=O) groups is 3. The summed E-state index contributed by atoms with van der Waals surface area (Å²) in [7, 11) is 0. The lowest BCUT2D eigenvalue weighted by Gasteiger charge is -2.34. The summed E-state index contributed by atoms with van der Waals surface area (Å²) in [6.07, 6.45) is 0.0703. The molecule has 2 heterocycles. The van der Waals surface area contributed by atoms with Crippen molar-refractivity contribution in [3.63, 3.8) is 0 Å². The van der Waals surface area contributed by atoms with Gasteiger partial charge in [0.05, 0.1) is 12.2 Å². The number of para-hydroxylation sites is 2. The number of hydrogen-bond acceptors (Lipinski definition) is 5. The van der Waals surface area contributed by atoms with E-state index in [-0.39, 0.29) is 30.1 Å². The summed E-state index contributed by atoms with van der Waals surface area (Å²) in [5, 5.41) is 2.73. The molecular formula is C17H21N3O4S. The molecule has 1 saturated heterocycles. The second-order valence-electron chi connectivity index (χ2n) is 5.91. The van der Waals surface area contributed by atoms with Gasteiger partial charge in [-0.1, -0.05) is 30.8 Å². The molecule has 1 N–H and O–H groups in total. The van der Waals surface area contributed by atoms with E-state index in [2.05, 4.69) is 5.32 Å². The predicted octanol–water partition coefficient (Wildman–Crippen LogP) is 1.48. The molecular weight excluding hydrogens is 342 g/mol. The average molecular weight is 363 g/mol. The summed E-state index contributed by atoms with van der Waals surface area (Å²) >= 11 is 1.22. The van der Waals surface area contributed by atoms with E-state index < -0.39 is 6.10 Å². The van der Waals surface area contributed by atoms with Gasteiger partial charge in [0.25, 0.3) is 11.1 Å². The Bertz CT molecular complexity index is 682. The third-order valence-electron chi connectivity index (χ3n) is 4.09. The minimum absolute atomic E-state index is 0.0173. The van der Waals surface area contributed by atoms with Crippen molar-refractivity contribution in [2.75, 3.05) is 36.8 Å². The van der Waals surface area contributed by atoms with Crippen LogP contribution < -0.4 is 15.0 Å². The van der Waals surface area contributed by atoms with E-state index in [0.717, 1.165) is 6.42 Å². The SMILES string of the molecule is CCCNC(=O)[C@@H]1CN(C(=O)CN2CCSC2=O)c2ccccc2O1. The Kier molecular flexibility index (Phi) is 5.47. The molecule has 134 valence electrons. The van der Waals surface area contributed by atoms with Gasteiger partial charge >= 0.3 is 0 Å². The van der Waals surface area contributed by atoms with Gasteiger partial charge in [0.15, 0.2) is 6.10 Å². The molecule has 0 aliphatic carbocycles. The lowest BCUT2D eigenvalue weighted by molar-refractivity contribution is -0.128. The van der Waals surface area contributed by atoms with Gasteiger partial charge in [0.2, 0.25) is 5.91 Å². The number of rotatable bonds is 5. The molecule has 3 amide bonds. The zero-order valence-electron chi connectivity index (χ0n) is 14.1. The molecule has 2 aliphatic rings. The summed E-state index contributed by atoms with van der Waals surface area (Å²) in [4.78, 5) is 39.9. The molecule has 0 radical (unpaired) electrons. The minimum atomic E-state index is -0.756. The summed E-state index contributed by atoms with van der Waals surface area (Å²) in [5.74, 6) is 0.760. The number of nitrogens with one attached hydrogen (secondary N) is 1. The van der Waals surface area contributed by atoms with Crippen LogP contribution in [0.2, 0.25) is 0 Å². The van der Waals surface area contributed by atoms with Crippen molar-refractivity contribution in [2.45, 2.75) is 19.4 Å². The first kappa shape index (κ1) is 17.6. The summed E-state index contributed by atoms with van der Waals surface area (Å²) in [6, 6.07) is 7.14. The number of ether oxygens (including phenoxy) is 1. The van der Waals surface area contributed by atoms with Crippen LogP contribution in [0.25, 0.3) is 0 Å². The Hall–Kier alpha value is -2.22. The van der Waals surface area contributed by atoms with Gasteiger partial charge in [0, 0.05) is 18.8 Å².